The molecule has 5 rings (SSSR count). The Hall–Kier alpha value is -2.85. The molecule has 2 aromatic heterocycles. The molecule has 1 aliphatic heterocycles. The van der Waals surface area contributed by atoms with Gasteiger partial charge in [-0.1, -0.05) is 0 Å². The molecule has 0 bridgehead atoms. The van der Waals surface area contributed by atoms with E-state index in [1.165, 1.54) is 12.1 Å². The standard InChI is InChI=1S/C22H20AsClF3N5O4/c1-11(18-30-17(31-36-18)12-3-6-14(24)15(9-12)35-22(25,26)27)23-19-28-8-7-16(29-19)32-20(33)34-10-21(32,2)13-4-5-13/h3,6-9,11,13,23H,4-5,10H2,1-2H3/t11-,21+/m0/s1. The number of hydrogen-bond acceptors (Lipinski definition) is 8. The van der Waals surface area contributed by atoms with E-state index in [0.29, 0.717) is 28.8 Å². The third kappa shape index (κ3) is 5.01. The zero-order valence-corrected chi connectivity index (χ0v) is 21.9. The van der Waals surface area contributed by atoms with Gasteiger partial charge in [0.25, 0.3) is 0 Å². The van der Waals surface area contributed by atoms with Crippen molar-refractivity contribution in [2.75, 3.05) is 11.5 Å². The molecule has 3 atom stereocenters. The Labute approximate surface area is 215 Å². The quantitative estimate of drug-likeness (QED) is 0.383. The molecule has 14 heteroatoms. The molecular weight excluding hydrogens is 566 g/mol. The van der Waals surface area contributed by atoms with E-state index in [0.717, 1.165) is 18.9 Å². The van der Waals surface area contributed by atoms with Crippen molar-refractivity contribution in [3.63, 3.8) is 0 Å². The average Bonchev–Trinajstić information content (AvgIpc) is 3.48. The van der Waals surface area contributed by atoms with Crippen LogP contribution in [0.4, 0.5) is 23.8 Å². The van der Waals surface area contributed by atoms with Crippen molar-refractivity contribution in [1.29, 1.82) is 0 Å². The summed E-state index contributed by atoms with van der Waals surface area (Å²) >= 11 is 4.78. The van der Waals surface area contributed by atoms with Crippen LogP contribution in [-0.4, -0.2) is 60.5 Å². The number of anilines is 1. The molecule has 1 saturated heterocycles. The third-order valence-electron chi connectivity index (χ3n) is 6.08. The van der Waals surface area contributed by atoms with Crippen molar-refractivity contribution in [3.05, 3.63) is 41.4 Å². The zero-order chi connectivity index (χ0) is 25.7. The molecular formula is C22H20AsClF3N5O4. The number of rotatable bonds is 7. The molecule has 1 saturated carbocycles. The number of aromatic nitrogens is 4. The van der Waals surface area contributed by atoms with Gasteiger partial charge in [-0.05, 0) is 0 Å². The second-order valence-corrected chi connectivity index (χ2v) is 12.5. The maximum atomic E-state index is 12.6. The van der Waals surface area contributed by atoms with Crippen LogP contribution in [0.1, 0.15) is 37.3 Å². The van der Waals surface area contributed by atoms with Gasteiger partial charge in [0.15, 0.2) is 0 Å². The van der Waals surface area contributed by atoms with Gasteiger partial charge in [-0.2, -0.15) is 0 Å². The zero-order valence-electron chi connectivity index (χ0n) is 19.0. The van der Waals surface area contributed by atoms with E-state index in [-0.39, 0.29) is 21.1 Å². The van der Waals surface area contributed by atoms with Crippen LogP contribution in [0.25, 0.3) is 11.4 Å². The van der Waals surface area contributed by atoms with E-state index < -0.39 is 39.5 Å². The van der Waals surface area contributed by atoms with Crippen molar-refractivity contribution in [3.8, 4) is 17.1 Å². The van der Waals surface area contributed by atoms with Crippen LogP contribution in [0.2, 0.25) is 5.02 Å². The number of carbonyl (C=O) groups excluding carboxylic acids is 1. The second kappa shape index (κ2) is 9.22. The van der Waals surface area contributed by atoms with Crippen molar-refractivity contribution >= 4 is 43.9 Å². The number of nitrogens with zero attached hydrogens (tertiary/aromatic N) is 5. The number of amides is 1. The Balaban J connectivity index is 1.33. The van der Waals surface area contributed by atoms with Crippen LogP contribution in [0.3, 0.4) is 0 Å². The minimum atomic E-state index is -4.89. The fourth-order valence-electron chi connectivity index (χ4n) is 4.08. The summed E-state index contributed by atoms with van der Waals surface area (Å²) in [6, 6.07) is 5.53. The predicted molar refractivity (Wildman–Crippen MR) is 124 cm³/mol. The van der Waals surface area contributed by atoms with E-state index in [2.05, 4.69) is 24.8 Å². The molecule has 1 aromatic carbocycles. The molecule has 0 spiro atoms. The molecule has 3 heterocycles. The van der Waals surface area contributed by atoms with Crippen molar-refractivity contribution < 1.29 is 32.0 Å². The average molecular weight is 586 g/mol. The Morgan fingerprint density at radius 2 is 2.06 bits per heavy atom. The molecule has 190 valence electrons. The number of halogens is 4. The number of cyclic esters (lactones) is 1. The Morgan fingerprint density at radius 3 is 2.78 bits per heavy atom. The van der Waals surface area contributed by atoms with Crippen LogP contribution in [0.5, 0.6) is 5.75 Å². The van der Waals surface area contributed by atoms with Crippen molar-refractivity contribution in [2.45, 2.75) is 43.3 Å². The number of hydrogen-bond donors (Lipinski definition) is 0. The first kappa shape index (κ1) is 24.8. The molecule has 0 N–H and O–H groups in total. The van der Waals surface area contributed by atoms with E-state index >= 15 is 0 Å². The van der Waals surface area contributed by atoms with Gasteiger partial charge in [-0.15, -0.1) is 0 Å². The Bertz CT molecular complexity index is 1300. The third-order valence-corrected chi connectivity index (χ3v) is 8.87. The fraction of sp³-hybridized carbons (Fsp3) is 0.409. The first-order chi connectivity index (χ1) is 17.0. The molecule has 1 unspecified atom stereocenters. The fourth-order valence-corrected chi connectivity index (χ4v) is 6.24. The molecule has 2 fully saturated rings. The monoisotopic (exact) mass is 585 g/mol. The van der Waals surface area contributed by atoms with Crippen LogP contribution >= 0.6 is 11.6 Å². The summed E-state index contributed by atoms with van der Waals surface area (Å²) in [4.78, 5) is 27.5. The SMILES string of the molecule is C[C@H]([AsH]c1nccc(N2C(=O)OC[C@]2(C)C2CC2)n1)c1nc(-c2ccc(Cl)c(OC(F)(F)F)c2)no1. The molecule has 1 amide bonds. The first-order valence-corrected chi connectivity index (χ1v) is 13.6. The topological polar surface area (TPSA) is 103 Å². The van der Waals surface area contributed by atoms with Gasteiger partial charge in [-0.3, -0.25) is 0 Å². The van der Waals surface area contributed by atoms with Gasteiger partial charge < -0.3 is 0 Å². The summed E-state index contributed by atoms with van der Waals surface area (Å²) in [5, 5.41) is 3.70. The van der Waals surface area contributed by atoms with Gasteiger partial charge in [0.05, 0.1) is 0 Å². The number of ether oxygens (including phenoxy) is 2. The van der Waals surface area contributed by atoms with E-state index in [9.17, 15) is 18.0 Å². The van der Waals surface area contributed by atoms with Crippen LogP contribution < -0.4 is 14.2 Å². The first-order valence-electron chi connectivity index (χ1n) is 11.0. The van der Waals surface area contributed by atoms with E-state index in [4.69, 9.17) is 20.9 Å². The van der Waals surface area contributed by atoms with Crippen LogP contribution in [0, 0.1) is 5.92 Å². The second-order valence-electron chi connectivity index (χ2n) is 8.78. The summed E-state index contributed by atoms with van der Waals surface area (Å²) in [5.41, 5.74) is -0.172. The Kier molecular flexibility index (Phi) is 6.36. The van der Waals surface area contributed by atoms with Gasteiger partial charge in [0.1, 0.15) is 0 Å². The van der Waals surface area contributed by atoms with Crippen LogP contribution in [-0.2, 0) is 4.74 Å². The van der Waals surface area contributed by atoms with Gasteiger partial charge in [0.2, 0.25) is 0 Å². The molecule has 9 nitrogen and oxygen atoms in total. The van der Waals surface area contributed by atoms with Gasteiger partial charge in [-0.25, -0.2) is 0 Å². The summed E-state index contributed by atoms with van der Waals surface area (Å²) in [7, 11) is 0. The maximum absolute atomic E-state index is 12.6. The van der Waals surface area contributed by atoms with E-state index in [1.807, 2.05) is 13.8 Å². The van der Waals surface area contributed by atoms with E-state index in [1.54, 1.807) is 17.2 Å². The van der Waals surface area contributed by atoms with Gasteiger partial charge in [0, 0.05) is 0 Å². The molecule has 0 radical (unpaired) electrons. The van der Waals surface area contributed by atoms with Crippen molar-refractivity contribution in [1.82, 2.24) is 20.1 Å². The summed E-state index contributed by atoms with van der Waals surface area (Å²) in [5.74, 6) is 0.720. The molecule has 3 aromatic rings. The molecule has 1 aliphatic carbocycles. The van der Waals surface area contributed by atoms with Crippen LogP contribution in [0.15, 0.2) is 35.0 Å². The normalized spacial score (nSPS) is 21.3. The Morgan fingerprint density at radius 1 is 1.28 bits per heavy atom. The molecule has 2 aliphatic rings. The number of carbonyl (C=O) groups is 1. The molecule has 36 heavy (non-hydrogen) atoms. The van der Waals surface area contributed by atoms with Crippen molar-refractivity contribution in [2.24, 2.45) is 5.92 Å². The minimum absolute atomic E-state index is 0.0989. The summed E-state index contributed by atoms with van der Waals surface area (Å²) in [6.07, 6.45) is -1.60. The summed E-state index contributed by atoms with van der Waals surface area (Å²) in [6.45, 7) is 4.22. The number of benzene rings is 1. The number of alkyl halides is 3. The summed E-state index contributed by atoms with van der Waals surface area (Å²) < 4.78 is 53.0. The predicted octanol–water partition coefficient (Wildman–Crippen LogP) is 4.03. The van der Waals surface area contributed by atoms with Gasteiger partial charge >= 0.3 is 215 Å².